The zero-order chi connectivity index (χ0) is 28.8. The molecule has 212 valence electrons. The lowest BCUT2D eigenvalue weighted by Crippen LogP contribution is -2.38. The summed E-state index contributed by atoms with van der Waals surface area (Å²) in [7, 11) is 0. The van der Waals surface area contributed by atoms with Crippen molar-refractivity contribution in [1.82, 2.24) is 4.90 Å². The maximum Gasteiger partial charge on any atom is 0.410 e. The number of hydrogen-bond acceptors (Lipinski definition) is 4. The molecule has 0 saturated heterocycles. The molecule has 1 aliphatic heterocycles. The highest BCUT2D eigenvalue weighted by atomic mass is 35.5. The number of halogens is 1. The van der Waals surface area contributed by atoms with E-state index in [2.05, 4.69) is 6.07 Å². The number of nitrogens with zero attached hydrogens (tertiary/aromatic N) is 1. The fourth-order valence-corrected chi connectivity index (χ4v) is 5.33. The molecule has 0 bridgehead atoms. The molecule has 4 aromatic rings. The third-order valence-corrected chi connectivity index (χ3v) is 7.40. The van der Waals surface area contributed by atoms with Gasteiger partial charge in [-0.1, -0.05) is 84.4 Å². The maximum absolute atomic E-state index is 12.8. The molecule has 0 aliphatic carbocycles. The Balaban J connectivity index is 1.42. The first-order chi connectivity index (χ1) is 19.8. The number of rotatable bonds is 7. The first-order valence-corrected chi connectivity index (χ1v) is 14.4. The Morgan fingerprint density at radius 1 is 0.805 bits per heavy atom. The number of ether oxygens (including phenoxy) is 3. The lowest BCUT2D eigenvalue weighted by molar-refractivity contribution is 0.0258. The van der Waals surface area contributed by atoms with Gasteiger partial charge in [-0.25, -0.2) is 4.79 Å². The predicted molar refractivity (Wildman–Crippen MR) is 164 cm³/mol. The topological polar surface area (TPSA) is 48.0 Å². The average Bonchev–Trinajstić information content (AvgIpc) is 3.19. The Morgan fingerprint density at radius 2 is 1.39 bits per heavy atom. The highest BCUT2D eigenvalue weighted by Crippen LogP contribution is 2.42. The van der Waals surface area contributed by atoms with Crippen molar-refractivity contribution in [3.8, 4) is 22.6 Å². The van der Waals surface area contributed by atoms with Crippen molar-refractivity contribution in [1.29, 1.82) is 0 Å². The lowest BCUT2D eigenvalue weighted by Gasteiger charge is -2.26. The van der Waals surface area contributed by atoms with Crippen LogP contribution in [0.25, 0.3) is 11.1 Å². The largest absolute Gasteiger partial charge is 0.489 e. The summed E-state index contributed by atoms with van der Waals surface area (Å²) in [5.41, 5.74) is 5.58. The molecule has 0 saturated carbocycles. The summed E-state index contributed by atoms with van der Waals surface area (Å²) in [6, 6.07) is 30.2. The molecule has 4 aromatic carbocycles. The van der Waals surface area contributed by atoms with Gasteiger partial charge in [-0.3, -0.25) is 0 Å². The van der Waals surface area contributed by atoms with Gasteiger partial charge >= 0.3 is 6.09 Å². The molecule has 0 N–H and O–H groups in total. The smallest absolute Gasteiger partial charge is 0.410 e. The van der Waals surface area contributed by atoms with Gasteiger partial charge in [0.15, 0.2) is 0 Å². The van der Waals surface area contributed by atoms with Gasteiger partial charge in [0.05, 0.1) is 5.02 Å². The first kappa shape index (κ1) is 28.6. The summed E-state index contributed by atoms with van der Waals surface area (Å²) in [6.07, 6.45) is 1.01. The zero-order valence-corrected chi connectivity index (χ0v) is 24.6. The van der Waals surface area contributed by atoms with Gasteiger partial charge in [-0.05, 0) is 79.6 Å². The summed E-state index contributed by atoms with van der Waals surface area (Å²) in [5.74, 6) is 1.50. The number of carbonyl (C=O) groups excluding carboxylic acids is 1. The number of carbonyl (C=O) groups is 1. The van der Waals surface area contributed by atoms with E-state index in [1.807, 2.05) is 106 Å². The molecule has 5 nitrogen and oxygen atoms in total. The molecular formula is C35H36ClNO4. The van der Waals surface area contributed by atoms with Crippen LogP contribution in [0.5, 0.6) is 11.5 Å². The van der Waals surface area contributed by atoms with E-state index < -0.39 is 5.60 Å². The Kier molecular flexibility index (Phi) is 8.84. The van der Waals surface area contributed by atoms with E-state index in [1.54, 1.807) is 4.90 Å². The van der Waals surface area contributed by atoms with Crippen molar-refractivity contribution in [2.24, 2.45) is 0 Å². The van der Waals surface area contributed by atoms with Gasteiger partial charge in [-0.15, -0.1) is 0 Å². The van der Waals surface area contributed by atoms with Crippen molar-refractivity contribution >= 4 is 17.7 Å². The van der Waals surface area contributed by atoms with E-state index in [0.29, 0.717) is 44.2 Å². The molecule has 1 heterocycles. The van der Waals surface area contributed by atoms with Crippen LogP contribution in [0.15, 0.2) is 91.0 Å². The van der Waals surface area contributed by atoms with Crippen LogP contribution in [0.3, 0.4) is 0 Å². The number of fused-ring (bicyclic) bond motifs is 1. The summed E-state index contributed by atoms with van der Waals surface area (Å²) >= 11 is 7.19. The summed E-state index contributed by atoms with van der Waals surface area (Å²) in [6.45, 7) is 7.67. The number of benzene rings is 4. The van der Waals surface area contributed by atoms with Gasteiger partial charge in [0, 0.05) is 18.7 Å². The molecule has 5 rings (SSSR count). The fourth-order valence-electron chi connectivity index (χ4n) is 4.91. The number of hydrogen-bond donors (Lipinski definition) is 0. The minimum atomic E-state index is -0.545. The third kappa shape index (κ3) is 7.42. The van der Waals surface area contributed by atoms with Crippen LogP contribution in [-0.2, 0) is 30.8 Å². The Labute approximate surface area is 247 Å². The highest BCUT2D eigenvalue weighted by Gasteiger charge is 2.27. The van der Waals surface area contributed by atoms with Gasteiger partial charge in [0.1, 0.15) is 30.3 Å². The van der Waals surface area contributed by atoms with E-state index in [-0.39, 0.29) is 6.09 Å². The van der Waals surface area contributed by atoms with Crippen LogP contribution in [0.4, 0.5) is 4.79 Å². The molecule has 0 unspecified atom stereocenters. The van der Waals surface area contributed by atoms with Crippen molar-refractivity contribution in [2.75, 3.05) is 13.1 Å². The number of amides is 1. The van der Waals surface area contributed by atoms with Crippen LogP contribution in [0, 0.1) is 0 Å². The summed E-state index contributed by atoms with van der Waals surface area (Å²) < 4.78 is 18.1. The Bertz CT molecular complexity index is 1460. The van der Waals surface area contributed by atoms with Gasteiger partial charge < -0.3 is 19.1 Å². The average molecular weight is 570 g/mol. The molecule has 1 aliphatic rings. The van der Waals surface area contributed by atoms with Crippen LogP contribution < -0.4 is 9.47 Å². The molecule has 41 heavy (non-hydrogen) atoms. The van der Waals surface area contributed by atoms with Crippen LogP contribution >= 0.6 is 11.6 Å². The zero-order valence-electron chi connectivity index (χ0n) is 23.9. The SMILES string of the molecule is CC(C)(C)OC(=O)N1CCc2cc(OCc3ccccc3)c(-c3ccc(OCc4ccccc4)cc3)c(Cl)c2CC1. The fraction of sp³-hybridized carbons (Fsp3) is 0.286. The second kappa shape index (κ2) is 12.7. The van der Waals surface area contributed by atoms with E-state index in [9.17, 15) is 4.79 Å². The minimum Gasteiger partial charge on any atom is -0.489 e. The molecule has 0 radical (unpaired) electrons. The van der Waals surface area contributed by atoms with E-state index in [0.717, 1.165) is 44.9 Å². The molecule has 0 atom stereocenters. The normalized spacial score (nSPS) is 13.2. The molecule has 0 fully saturated rings. The van der Waals surface area contributed by atoms with Crippen LogP contribution in [0.2, 0.25) is 5.02 Å². The van der Waals surface area contributed by atoms with Crippen molar-refractivity contribution in [3.63, 3.8) is 0 Å². The van der Waals surface area contributed by atoms with Gasteiger partial charge in [-0.2, -0.15) is 0 Å². The molecule has 0 aromatic heterocycles. The quantitative estimate of drug-likeness (QED) is 0.224. The van der Waals surface area contributed by atoms with Crippen molar-refractivity contribution in [2.45, 2.75) is 52.4 Å². The first-order valence-electron chi connectivity index (χ1n) is 14.0. The molecule has 6 heteroatoms. The van der Waals surface area contributed by atoms with Gasteiger partial charge in [0.2, 0.25) is 0 Å². The van der Waals surface area contributed by atoms with E-state index in [4.69, 9.17) is 25.8 Å². The Hall–Kier alpha value is -3.96. The Morgan fingerprint density at radius 3 is 2.00 bits per heavy atom. The lowest BCUT2D eigenvalue weighted by atomic mass is 9.95. The minimum absolute atomic E-state index is 0.298. The predicted octanol–water partition coefficient (Wildman–Crippen LogP) is 8.50. The van der Waals surface area contributed by atoms with E-state index in [1.165, 1.54) is 0 Å². The molecule has 0 spiro atoms. The van der Waals surface area contributed by atoms with Crippen molar-refractivity contribution < 1.29 is 19.0 Å². The van der Waals surface area contributed by atoms with Gasteiger partial charge in [0.25, 0.3) is 0 Å². The van der Waals surface area contributed by atoms with Crippen molar-refractivity contribution in [3.05, 3.63) is 118 Å². The second-order valence-electron chi connectivity index (χ2n) is 11.2. The maximum atomic E-state index is 12.8. The van der Waals surface area contributed by atoms with Crippen LogP contribution in [0.1, 0.15) is 43.0 Å². The standard InChI is InChI=1S/C35H36ClNO4/c1-35(2,3)41-34(38)37-20-18-28-22-31(40-24-26-12-8-5-9-13-26)32(33(36)30(28)19-21-37)27-14-16-29(17-15-27)39-23-25-10-6-4-7-11-25/h4-17,22H,18-21,23-24H2,1-3H3. The highest BCUT2D eigenvalue weighted by molar-refractivity contribution is 6.34. The molecule has 1 amide bonds. The second-order valence-corrected chi connectivity index (χ2v) is 11.6. The van der Waals surface area contributed by atoms with E-state index >= 15 is 0 Å². The van der Waals surface area contributed by atoms with Crippen LogP contribution in [-0.4, -0.2) is 29.7 Å². The summed E-state index contributed by atoms with van der Waals surface area (Å²) in [4.78, 5) is 14.6. The summed E-state index contributed by atoms with van der Waals surface area (Å²) in [5, 5.41) is 0.662. The monoisotopic (exact) mass is 569 g/mol. The third-order valence-electron chi connectivity index (χ3n) is 6.99. The molecular weight excluding hydrogens is 534 g/mol.